The van der Waals surface area contributed by atoms with Gasteiger partial charge in [-0.1, -0.05) is 34.4 Å². The minimum atomic E-state index is 0.262. The van der Waals surface area contributed by atoms with Gasteiger partial charge < -0.3 is 4.84 Å². The molecule has 0 atom stereocenters. The number of halogens is 2. The van der Waals surface area contributed by atoms with Crippen LogP contribution in [0.4, 0.5) is 0 Å². The molecule has 10 heteroatoms. The Balaban J connectivity index is 1.45. The minimum Gasteiger partial charge on any atom is -0.391 e. The summed E-state index contributed by atoms with van der Waals surface area (Å²) < 4.78 is 1.65. The summed E-state index contributed by atoms with van der Waals surface area (Å²) in [6, 6.07) is 5.21. The lowest BCUT2D eigenvalue weighted by atomic mass is 10.2. The monoisotopic (exact) mass is 365 g/mol. The summed E-state index contributed by atoms with van der Waals surface area (Å²) in [4.78, 5) is 13.4. The average molecular weight is 366 g/mol. The van der Waals surface area contributed by atoms with E-state index in [1.165, 1.54) is 6.33 Å². The molecule has 0 aliphatic rings. The van der Waals surface area contributed by atoms with Crippen LogP contribution in [0.25, 0.3) is 0 Å². The van der Waals surface area contributed by atoms with Crippen LogP contribution in [0.2, 0.25) is 10.0 Å². The van der Waals surface area contributed by atoms with Gasteiger partial charge in [-0.2, -0.15) is 10.2 Å². The van der Waals surface area contributed by atoms with Crippen LogP contribution in [0.5, 0.6) is 0 Å². The van der Waals surface area contributed by atoms with E-state index in [9.17, 15) is 0 Å². The predicted octanol–water partition coefficient (Wildman–Crippen LogP) is 2.50. The number of hydrogen-bond donors (Lipinski definition) is 1. The smallest absolute Gasteiger partial charge is 0.156 e. The lowest BCUT2D eigenvalue weighted by molar-refractivity contribution is 0.131. The van der Waals surface area contributed by atoms with Gasteiger partial charge in [-0.3, -0.25) is 5.10 Å². The van der Waals surface area contributed by atoms with Crippen molar-refractivity contribution in [2.75, 3.05) is 0 Å². The van der Waals surface area contributed by atoms with Crippen molar-refractivity contribution in [1.29, 1.82) is 0 Å². The summed E-state index contributed by atoms with van der Waals surface area (Å²) in [5.41, 5.74) is 0.811. The second-order valence-electron chi connectivity index (χ2n) is 4.79. The Kier molecular flexibility index (Phi) is 5.39. The van der Waals surface area contributed by atoms with Gasteiger partial charge in [-0.05, 0) is 12.1 Å². The number of hydrogen-bond acceptors (Lipinski definition) is 6. The molecular formula is C14H13Cl2N7O. The van der Waals surface area contributed by atoms with Crippen LogP contribution < -0.4 is 0 Å². The Bertz CT molecular complexity index is 816. The van der Waals surface area contributed by atoms with Gasteiger partial charge >= 0.3 is 0 Å². The van der Waals surface area contributed by atoms with Gasteiger partial charge in [0.15, 0.2) is 5.82 Å². The van der Waals surface area contributed by atoms with Crippen LogP contribution in [-0.4, -0.2) is 36.2 Å². The Labute approximate surface area is 147 Å². The van der Waals surface area contributed by atoms with E-state index in [-0.39, 0.29) is 6.61 Å². The van der Waals surface area contributed by atoms with Crippen molar-refractivity contribution in [3.8, 4) is 0 Å². The highest BCUT2D eigenvalue weighted by atomic mass is 35.5. The van der Waals surface area contributed by atoms with Crippen LogP contribution in [0, 0.1) is 0 Å². The maximum Gasteiger partial charge on any atom is 0.156 e. The Morgan fingerprint density at radius 1 is 1.33 bits per heavy atom. The normalized spacial score (nSPS) is 11.2. The zero-order valence-corrected chi connectivity index (χ0v) is 13.9. The summed E-state index contributed by atoms with van der Waals surface area (Å²) in [5, 5.41) is 15.9. The summed E-state index contributed by atoms with van der Waals surface area (Å²) in [6.07, 6.45) is 5.11. The molecule has 0 bridgehead atoms. The Morgan fingerprint density at radius 2 is 2.25 bits per heavy atom. The second-order valence-corrected chi connectivity index (χ2v) is 5.64. The number of aromatic amines is 1. The third-order valence-electron chi connectivity index (χ3n) is 3.01. The summed E-state index contributed by atoms with van der Waals surface area (Å²) in [5.74, 6) is 1.31. The molecule has 3 aromatic rings. The first kappa shape index (κ1) is 16.4. The highest BCUT2D eigenvalue weighted by Gasteiger charge is 2.04. The summed E-state index contributed by atoms with van der Waals surface area (Å²) >= 11 is 11.9. The molecule has 0 aliphatic carbocycles. The number of aromatic nitrogens is 6. The zero-order chi connectivity index (χ0) is 16.8. The number of nitrogens with one attached hydrogen (secondary N) is 1. The maximum atomic E-state index is 6.05. The van der Waals surface area contributed by atoms with Crippen LogP contribution in [0.15, 0.2) is 36.0 Å². The number of nitrogens with zero attached hydrogens (tertiary/aromatic N) is 6. The van der Waals surface area contributed by atoms with Crippen LogP contribution in [-0.2, 0) is 24.4 Å². The third kappa shape index (κ3) is 4.53. The van der Waals surface area contributed by atoms with Gasteiger partial charge in [0, 0.05) is 22.0 Å². The van der Waals surface area contributed by atoms with Crippen molar-refractivity contribution in [1.82, 2.24) is 29.9 Å². The Morgan fingerprint density at radius 3 is 3.04 bits per heavy atom. The first-order valence-electron chi connectivity index (χ1n) is 7.01. The molecule has 2 heterocycles. The molecule has 0 aliphatic heterocycles. The molecular weight excluding hydrogens is 353 g/mol. The number of benzene rings is 1. The lowest BCUT2D eigenvalue weighted by Crippen LogP contribution is -2.01. The molecule has 124 valence electrons. The van der Waals surface area contributed by atoms with Crippen LogP contribution in [0.1, 0.15) is 17.2 Å². The summed E-state index contributed by atoms with van der Waals surface area (Å²) in [6.45, 7) is 0.744. The molecule has 0 saturated carbocycles. The maximum absolute atomic E-state index is 6.05. The van der Waals surface area contributed by atoms with E-state index in [1.807, 2.05) is 0 Å². The molecule has 0 fully saturated rings. The zero-order valence-electron chi connectivity index (χ0n) is 12.4. The van der Waals surface area contributed by atoms with E-state index in [4.69, 9.17) is 28.0 Å². The molecule has 0 saturated heterocycles. The average Bonchev–Trinajstić information content (AvgIpc) is 3.21. The number of oxime groups is 1. The molecule has 0 unspecified atom stereocenters. The first-order chi connectivity index (χ1) is 11.7. The largest absolute Gasteiger partial charge is 0.391 e. The number of H-pyrrole nitrogens is 1. The van der Waals surface area contributed by atoms with Crippen molar-refractivity contribution >= 4 is 29.4 Å². The summed E-state index contributed by atoms with van der Waals surface area (Å²) in [7, 11) is 0. The first-order valence-corrected chi connectivity index (χ1v) is 7.76. The van der Waals surface area contributed by atoms with Crippen molar-refractivity contribution in [3.05, 3.63) is 58.1 Å². The fourth-order valence-electron chi connectivity index (χ4n) is 1.88. The van der Waals surface area contributed by atoms with Crippen molar-refractivity contribution in [3.63, 3.8) is 0 Å². The topological polar surface area (TPSA) is 93.9 Å². The molecule has 0 amide bonds. The Hall–Kier alpha value is -2.45. The minimum absolute atomic E-state index is 0.262. The van der Waals surface area contributed by atoms with E-state index in [0.717, 1.165) is 5.56 Å². The number of rotatable bonds is 7. The van der Waals surface area contributed by atoms with Gasteiger partial charge in [0.25, 0.3) is 0 Å². The molecule has 8 nitrogen and oxygen atoms in total. The molecule has 2 aromatic heterocycles. The molecule has 1 aromatic carbocycles. The van der Waals surface area contributed by atoms with Crippen LogP contribution >= 0.6 is 23.2 Å². The molecule has 0 radical (unpaired) electrons. The van der Waals surface area contributed by atoms with E-state index in [0.29, 0.717) is 34.7 Å². The van der Waals surface area contributed by atoms with Gasteiger partial charge in [0.1, 0.15) is 31.6 Å². The van der Waals surface area contributed by atoms with Gasteiger partial charge in [0.2, 0.25) is 0 Å². The molecule has 24 heavy (non-hydrogen) atoms. The van der Waals surface area contributed by atoms with Crippen LogP contribution in [0.3, 0.4) is 0 Å². The van der Waals surface area contributed by atoms with Gasteiger partial charge in [0.05, 0.1) is 6.21 Å². The SMILES string of the molecule is Clc1ccc(CO/N=C/Cc2n[nH]c(Cn3cncn3)n2)c(Cl)c1. The van der Waals surface area contributed by atoms with Gasteiger partial charge in [-0.15, -0.1) is 0 Å². The van der Waals surface area contributed by atoms with Gasteiger partial charge in [-0.25, -0.2) is 14.6 Å². The molecule has 1 N–H and O–H groups in total. The third-order valence-corrected chi connectivity index (χ3v) is 3.60. The van der Waals surface area contributed by atoms with Crippen molar-refractivity contribution in [2.45, 2.75) is 19.6 Å². The quantitative estimate of drug-likeness (QED) is 0.512. The molecule has 0 spiro atoms. The van der Waals surface area contributed by atoms with Crippen molar-refractivity contribution in [2.24, 2.45) is 5.16 Å². The lowest BCUT2D eigenvalue weighted by Gasteiger charge is -2.02. The standard InChI is InChI=1S/C14H13Cl2N7O/c15-11-2-1-10(12(16)5-11)7-24-19-4-3-13-20-14(22-21-13)6-23-9-17-8-18-23/h1-2,4-5,8-9H,3,6-7H2,(H,20,21,22)/b19-4+. The van der Waals surface area contributed by atoms with Crippen molar-refractivity contribution < 1.29 is 4.84 Å². The van der Waals surface area contributed by atoms with E-state index < -0.39 is 0 Å². The fraction of sp³-hybridized carbons (Fsp3) is 0.214. The van der Waals surface area contributed by atoms with E-state index in [2.05, 4.69) is 30.4 Å². The fourth-order valence-corrected chi connectivity index (χ4v) is 2.34. The predicted molar refractivity (Wildman–Crippen MR) is 89.0 cm³/mol. The highest BCUT2D eigenvalue weighted by Crippen LogP contribution is 2.21. The molecule has 3 rings (SSSR count). The van der Waals surface area contributed by atoms with E-state index >= 15 is 0 Å². The van der Waals surface area contributed by atoms with E-state index in [1.54, 1.807) is 35.4 Å². The second kappa shape index (κ2) is 7.89. The highest BCUT2D eigenvalue weighted by molar-refractivity contribution is 6.35.